The van der Waals surface area contributed by atoms with E-state index in [1.54, 1.807) is 37.4 Å². The van der Waals surface area contributed by atoms with Gasteiger partial charge in [-0.1, -0.05) is 19.9 Å². The Bertz CT molecular complexity index is 933. The number of rotatable bonds is 7. The Morgan fingerprint density at radius 3 is 2.68 bits per heavy atom. The maximum atomic E-state index is 13.0. The van der Waals surface area contributed by atoms with Crippen LogP contribution in [0, 0.1) is 5.92 Å². The molecule has 2 amide bonds. The normalized spacial score (nSPS) is 21.5. The Morgan fingerprint density at radius 2 is 2.10 bits per heavy atom. The van der Waals surface area contributed by atoms with Crippen molar-refractivity contribution in [1.29, 1.82) is 0 Å². The molecule has 0 radical (unpaired) electrons. The maximum absolute atomic E-state index is 13.0. The number of nitrogens with zero attached hydrogens (tertiary/aromatic N) is 1. The van der Waals surface area contributed by atoms with Crippen LogP contribution in [-0.2, 0) is 14.3 Å². The van der Waals surface area contributed by atoms with Gasteiger partial charge in [0.2, 0.25) is 5.91 Å². The first-order valence-electron chi connectivity index (χ1n) is 9.97. The molecule has 1 aliphatic rings. The van der Waals surface area contributed by atoms with Crippen LogP contribution in [0.5, 0.6) is 0 Å². The number of aromatic nitrogens is 1. The lowest BCUT2D eigenvalue weighted by atomic mass is 9.92. The van der Waals surface area contributed by atoms with E-state index in [-0.39, 0.29) is 37.7 Å². The van der Waals surface area contributed by atoms with E-state index in [9.17, 15) is 14.4 Å². The third kappa shape index (κ3) is 5.72. The minimum Gasteiger partial charge on any atom is -0.368 e. The van der Waals surface area contributed by atoms with Crippen LogP contribution in [0.2, 0.25) is 0 Å². The lowest BCUT2D eigenvalue weighted by molar-refractivity contribution is -0.130. The highest BCUT2D eigenvalue weighted by Crippen LogP contribution is 2.25. The lowest BCUT2D eigenvalue weighted by Gasteiger charge is -2.30. The number of hydrogen-bond acceptors (Lipinski definition) is 6. The molecule has 3 heterocycles. The summed E-state index contributed by atoms with van der Waals surface area (Å²) >= 11 is 1.56. The minimum atomic E-state index is -1.10. The third-order valence-electron chi connectivity index (χ3n) is 5.37. The molecule has 0 unspecified atom stereocenters. The van der Waals surface area contributed by atoms with Crippen molar-refractivity contribution in [3.63, 3.8) is 0 Å². The molecule has 3 rings (SSSR count). The molecule has 3 atom stereocenters. The van der Waals surface area contributed by atoms with Gasteiger partial charge in [-0.05, 0) is 43.7 Å². The summed E-state index contributed by atoms with van der Waals surface area (Å²) in [5.41, 5.74) is 0.123. The molecule has 0 bridgehead atoms. The van der Waals surface area contributed by atoms with Gasteiger partial charge in [0.15, 0.2) is 5.78 Å². The van der Waals surface area contributed by atoms with Gasteiger partial charge in [-0.15, -0.1) is 11.3 Å². The van der Waals surface area contributed by atoms with E-state index in [2.05, 4.69) is 15.6 Å². The Hall–Kier alpha value is -2.23. The van der Waals surface area contributed by atoms with Crippen LogP contribution in [-0.4, -0.2) is 46.9 Å². The second-order valence-electron chi connectivity index (χ2n) is 8.16. The molecule has 168 valence electrons. The molecule has 7 nitrogen and oxygen atoms in total. The number of ketones is 1. The molecule has 2 aromatic heterocycles. The zero-order valence-corrected chi connectivity index (χ0v) is 19.9. The largest absolute Gasteiger partial charge is 0.368 e. The van der Waals surface area contributed by atoms with Gasteiger partial charge in [-0.2, -0.15) is 13.5 Å². The molecule has 2 N–H and O–H groups in total. The maximum Gasteiger partial charge on any atom is 0.253 e. The Balaban J connectivity index is 0.00000341. The lowest BCUT2D eigenvalue weighted by Crippen LogP contribution is -2.60. The average molecular weight is 464 g/mol. The fraction of sp³-hybridized carbons (Fsp3) is 0.455. The molecule has 0 spiro atoms. The molecule has 1 aliphatic heterocycles. The Labute approximate surface area is 193 Å². The fourth-order valence-electron chi connectivity index (χ4n) is 3.34. The summed E-state index contributed by atoms with van der Waals surface area (Å²) in [6, 6.07) is 4.88. The van der Waals surface area contributed by atoms with Crippen LogP contribution in [0.25, 0.3) is 10.4 Å². The van der Waals surface area contributed by atoms with Crippen LogP contribution < -0.4 is 10.6 Å². The number of Topliss-reactive ketones (excluding diaryl/α,β-unsaturated/α-hetero) is 1. The summed E-state index contributed by atoms with van der Waals surface area (Å²) in [4.78, 5) is 43.3. The van der Waals surface area contributed by atoms with Crippen molar-refractivity contribution >= 4 is 42.4 Å². The molecule has 0 aliphatic carbocycles. The first-order chi connectivity index (χ1) is 14.2. The molecule has 31 heavy (non-hydrogen) atoms. The molecule has 0 aromatic carbocycles. The van der Waals surface area contributed by atoms with Gasteiger partial charge < -0.3 is 15.4 Å². The van der Waals surface area contributed by atoms with Crippen molar-refractivity contribution in [2.45, 2.75) is 51.8 Å². The van der Waals surface area contributed by atoms with Crippen LogP contribution in [0.3, 0.4) is 0 Å². The van der Waals surface area contributed by atoms with Crippen LogP contribution in [0.1, 0.15) is 44.5 Å². The number of ether oxygens (including phenoxy) is 1. The smallest absolute Gasteiger partial charge is 0.253 e. The van der Waals surface area contributed by atoms with E-state index in [0.29, 0.717) is 12.0 Å². The molecule has 9 heteroatoms. The van der Waals surface area contributed by atoms with E-state index < -0.39 is 23.6 Å². The van der Waals surface area contributed by atoms with Gasteiger partial charge in [0, 0.05) is 22.8 Å². The molecular weight excluding hydrogens is 434 g/mol. The standard InChI is InChI=1S/C22H27N3O4S.H2S/c1-13(2)8-17(21(28)25-22(4)14(3)29-12-19(22)26)24-20(27)16-9-15(10-23-11-16)18-6-5-7-30-18;/h5-7,9-11,13-14,17H,8,12H2,1-4H3,(H,24,27)(H,25,28);1H2/t14-,17+,22-;/m1./s1. The highest BCUT2D eigenvalue weighted by Gasteiger charge is 2.47. The second-order valence-corrected chi connectivity index (χ2v) is 9.11. The van der Waals surface area contributed by atoms with Crippen molar-refractivity contribution in [3.8, 4) is 10.4 Å². The summed E-state index contributed by atoms with van der Waals surface area (Å²) in [6.07, 6.45) is 3.19. The number of carbonyl (C=O) groups is 3. The van der Waals surface area contributed by atoms with Crippen LogP contribution in [0.15, 0.2) is 36.0 Å². The van der Waals surface area contributed by atoms with Gasteiger partial charge in [-0.3, -0.25) is 19.4 Å². The van der Waals surface area contributed by atoms with Gasteiger partial charge in [0.05, 0.1) is 11.7 Å². The number of carbonyl (C=O) groups excluding carboxylic acids is 3. The number of amides is 2. The average Bonchev–Trinajstić information content (AvgIpc) is 3.32. The van der Waals surface area contributed by atoms with Crippen molar-refractivity contribution in [2.24, 2.45) is 5.92 Å². The topological polar surface area (TPSA) is 97.4 Å². The third-order valence-corrected chi connectivity index (χ3v) is 6.29. The van der Waals surface area contributed by atoms with E-state index >= 15 is 0 Å². The summed E-state index contributed by atoms with van der Waals surface area (Å²) in [6.45, 7) is 7.33. The van der Waals surface area contributed by atoms with Crippen LogP contribution in [0.4, 0.5) is 0 Å². The number of pyridine rings is 1. The second kappa shape index (κ2) is 10.4. The highest BCUT2D eigenvalue weighted by atomic mass is 32.1. The fourth-order valence-corrected chi connectivity index (χ4v) is 4.05. The van der Waals surface area contributed by atoms with E-state index in [1.165, 1.54) is 6.20 Å². The van der Waals surface area contributed by atoms with Gasteiger partial charge in [0.1, 0.15) is 18.2 Å². The van der Waals surface area contributed by atoms with Crippen molar-refractivity contribution in [2.75, 3.05) is 6.61 Å². The predicted molar refractivity (Wildman–Crippen MR) is 126 cm³/mol. The zero-order valence-electron chi connectivity index (χ0n) is 18.1. The SMILES string of the molecule is CC(C)C[C@H](NC(=O)c1cncc(-c2cccs2)c1)C(=O)N[C@@]1(C)C(=O)CO[C@@H]1C.S. The summed E-state index contributed by atoms with van der Waals surface area (Å²) in [5.74, 6) is -0.787. The molecule has 1 saturated heterocycles. The van der Waals surface area contributed by atoms with E-state index in [1.807, 2.05) is 31.4 Å². The van der Waals surface area contributed by atoms with Gasteiger partial charge in [0.25, 0.3) is 5.91 Å². The summed E-state index contributed by atoms with van der Waals surface area (Å²) in [7, 11) is 0. The first-order valence-corrected chi connectivity index (χ1v) is 10.9. The monoisotopic (exact) mass is 463 g/mol. The minimum absolute atomic E-state index is 0. The quantitative estimate of drug-likeness (QED) is 0.658. The molecule has 2 aromatic rings. The number of hydrogen-bond donors (Lipinski definition) is 2. The van der Waals surface area contributed by atoms with Gasteiger partial charge in [-0.25, -0.2) is 0 Å². The Morgan fingerprint density at radius 1 is 1.35 bits per heavy atom. The predicted octanol–water partition coefficient (Wildman–Crippen LogP) is 2.93. The molecular formula is C22H29N3O4S2. The highest BCUT2D eigenvalue weighted by molar-refractivity contribution is 7.59. The zero-order chi connectivity index (χ0) is 21.9. The van der Waals surface area contributed by atoms with Crippen molar-refractivity contribution in [1.82, 2.24) is 15.6 Å². The summed E-state index contributed by atoms with van der Waals surface area (Å²) in [5, 5.41) is 7.59. The Kier molecular flexibility index (Phi) is 8.39. The van der Waals surface area contributed by atoms with E-state index in [0.717, 1.165) is 10.4 Å². The number of nitrogens with one attached hydrogen (secondary N) is 2. The first kappa shape index (κ1) is 25.0. The number of thiophene rings is 1. The summed E-state index contributed by atoms with van der Waals surface area (Å²) < 4.78 is 5.38. The van der Waals surface area contributed by atoms with Gasteiger partial charge >= 0.3 is 0 Å². The van der Waals surface area contributed by atoms with Crippen molar-refractivity contribution in [3.05, 3.63) is 41.5 Å². The van der Waals surface area contributed by atoms with E-state index in [4.69, 9.17) is 4.74 Å². The van der Waals surface area contributed by atoms with Crippen molar-refractivity contribution < 1.29 is 19.1 Å². The molecule has 0 saturated carbocycles. The van der Waals surface area contributed by atoms with Crippen LogP contribution >= 0.6 is 24.8 Å². The molecule has 1 fully saturated rings.